The lowest BCUT2D eigenvalue weighted by atomic mass is 9.87. The first-order valence-corrected chi connectivity index (χ1v) is 21.1. The maximum atomic E-state index is 6.67. The van der Waals surface area contributed by atoms with Crippen molar-refractivity contribution in [2.75, 3.05) is 13.2 Å². The molecule has 1 aliphatic rings. The zero-order valence-electron chi connectivity index (χ0n) is 30.8. The molecule has 0 radical (unpaired) electrons. The zero-order chi connectivity index (χ0) is 33.5. The second-order valence-electron chi connectivity index (χ2n) is 14.9. The second-order valence-corrected chi connectivity index (χ2v) is 16.9. The van der Waals surface area contributed by atoms with E-state index in [-0.39, 0.29) is 18.3 Å². The molecule has 0 N–H and O–H groups in total. The van der Waals surface area contributed by atoms with Gasteiger partial charge in [0.2, 0.25) is 0 Å². The average molecular weight is 685 g/mol. The zero-order valence-corrected chi connectivity index (χ0v) is 32.4. The molecule has 0 bridgehead atoms. The van der Waals surface area contributed by atoms with Crippen molar-refractivity contribution in [1.29, 1.82) is 0 Å². The molecule has 1 fully saturated rings. The quantitative estimate of drug-likeness (QED) is 0.0657. The number of benzene rings is 1. The summed E-state index contributed by atoms with van der Waals surface area (Å²) in [6, 6.07) is 4.47. The van der Waals surface area contributed by atoms with Gasteiger partial charge in [-0.2, -0.15) is 0 Å². The van der Waals surface area contributed by atoms with Crippen LogP contribution in [0.5, 0.6) is 11.5 Å². The maximum Gasteiger partial charge on any atom is 0.505 e. The Morgan fingerprint density at radius 3 is 1.47 bits per heavy atom. The van der Waals surface area contributed by atoms with Crippen molar-refractivity contribution in [2.45, 2.75) is 181 Å². The normalized spacial score (nSPS) is 15.7. The van der Waals surface area contributed by atoms with Gasteiger partial charge >= 0.3 is 7.12 Å². The van der Waals surface area contributed by atoms with Crippen LogP contribution in [0.25, 0.3) is 20.2 Å². The van der Waals surface area contributed by atoms with E-state index in [1.807, 2.05) is 0 Å². The van der Waals surface area contributed by atoms with Crippen LogP contribution in [0.3, 0.4) is 0 Å². The maximum absolute atomic E-state index is 6.67. The predicted molar refractivity (Wildman–Crippen MR) is 208 cm³/mol. The summed E-state index contributed by atoms with van der Waals surface area (Å²) < 4.78 is 29.8. The second kappa shape index (κ2) is 19.8. The molecule has 47 heavy (non-hydrogen) atoms. The topological polar surface area (TPSA) is 36.9 Å². The summed E-state index contributed by atoms with van der Waals surface area (Å²) in [5, 5.41) is 4.50. The highest BCUT2D eigenvalue weighted by Crippen LogP contribution is 2.48. The van der Waals surface area contributed by atoms with E-state index in [2.05, 4.69) is 59.1 Å². The van der Waals surface area contributed by atoms with Gasteiger partial charge in [-0.1, -0.05) is 129 Å². The lowest BCUT2D eigenvalue weighted by Crippen LogP contribution is -2.41. The average Bonchev–Trinajstić information content (AvgIpc) is 3.75. The summed E-state index contributed by atoms with van der Waals surface area (Å²) in [7, 11) is -0.389. The minimum absolute atomic E-state index is 0.377. The van der Waals surface area contributed by atoms with Crippen molar-refractivity contribution in [2.24, 2.45) is 0 Å². The Morgan fingerprint density at radius 2 is 1.00 bits per heavy atom. The van der Waals surface area contributed by atoms with Crippen molar-refractivity contribution in [1.82, 2.24) is 0 Å². The van der Waals surface area contributed by atoms with Gasteiger partial charge in [0.25, 0.3) is 0 Å². The summed E-state index contributed by atoms with van der Waals surface area (Å²) in [6.45, 7) is 14.6. The Labute approximate surface area is 295 Å². The van der Waals surface area contributed by atoms with E-state index < -0.39 is 0 Å². The van der Waals surface area contributed by atoms with Crippen LogP contribution in [0.2, 0.25) is 0 Å². The Hall–Kier alpha value is -1.28. The molecule has 0 amide bonds. The van der Waals surface area contributed by atoms with Crippen LogP contribution < -0.4 is 14.3 Å². The molecule has 3 aromatic rings. The fourth-order valence-corrected chi connectivity index (χ4v) is 8.58. The van der Waals surface area contributed by atoms with Crippen LogP contribution in [0.15, 0.2) is 17.5 Å². The van der Waals surface area contributed by atoms with Crippen molar-refractivity contribution >= 4 is 54.7 Å². The third kappa shape index (κ3) is 11.1. The largest absolute Gasteiger partial charge is 0.505 e. The molecule has 1 saturated heterocycles. The Balaban J connectivity index is 1.39. The van der Waals surface area contributed by atoms with E-state index in [9.17, 15) is 0 Å². The van der Waals surface area contributed by atoms with Crippen molar-refractivity contribution in [3.8, 4) is 11.5 Å². The molecule has 7 heteroatoms. The number of ether oxygens (including phenoxy) is 2. The summed E-state index contributed by atoms with van der Waals surface area (Å²) >= 11 is 3.51. The predicted octanol–water partition coefficient (Wildman–Crippen LogP) is 13.0. The van der Waals surface area contributed by atoms with E-state index in [0.717, 1.165) is 52.4 Å². The van der Waals surface area contributed by atoms with Crippen LogP contribution in [0.4, 0.5) is 0 Å². The van der Waals surface area contributed by atoms with Crippen LogP contribution >= 0.6 is 22.7 Å². The van der Waals surface area contributed by atoms with E-state index in [1.165, 1.54) is 126 Å². The number of hydrogen-bond acceptors (Lipinski definition) is 6. The molecular weight excluding hydrogens is 619 g/mol. The van der Waals surface area contributed by atoms with E-state index in [4.69, 9.17) is 18.8 Å². The number of hydrogen-bond donors (Lipinski definition) is 0. The summed E-state index contributed by atoms with van der Waals surface area (Å²) in [5.74, 6) is 2.01. The van der Waals surface area contributed by atoms with Gasteiger partial charge in [0, 0.05) is 15.5 Å². The lowest BCUT2D eigenvalue weighted by Gasteiger charge is -2.32. The molecule has 0 aliphatic carbocycles. The molecule has 0 atom stereocenters. The number of thiophene rings is 2. The molecule has 4 nitrogen and oxygen atoms in total. The fourth-order valence-electron chi connectivity index (χ4n) is 6.55. The molecule has 4 rings (SSSR count). The van der Waals surface area contributed by atoms with E-state index in [0.29, 0.717) is 0 Å². The van der Waals surface area contributed by atoms with Crippen LogP contribution in [0.1, 0.15) is 170 Å². The minimum atomic E-state index is -0.389. The van der Waals surface area contributed by atoms with Gasteiger partial charge in [0.05, 0.1) is 33.8 Å². The van der Waals surface area contributed by atoms with Gasteiger partial charge in [-0.15, -0.1) is 22.7 Å². The third-order valence-corrected chi connectivity index (χ3v) is 12.4. The van der Waals surface area contributed by atoms with Gasteiger partial charge in [0.1, 0.15) is 11.5 Å². The number of unbranched alkanes of at least 4 members (excludes halogenated alkanes) is 18. The van der Waals surface area contributed by atoms with Gasteiger partial charge in [-0.25, -0.2) is 0 Å². The number of fused-ring (bicyclic) bond motifs is 2. The Kier molecular flexibility index (Phi) is 16.2. The van der Waals surface area contributed by atoms with Gasteiger partial charge in [-0.3, -0.25) is 0 Å². The minimum Gasteiger partial charge on any atom is -0.491 e. The van der Waals surface area contributed by atoms with Gasteiger partial charge in [-0.05, 0) is 58.0 Å². The van der Waals surface area contributed by atoms with Crippen molar-refractivity contribution in [3.63, 3.8) is 0 Å². The molecule has 0 saturated carbocycles. The molecule has 0 spiro atoms. The molecule has 1 aromatic carbocycles. The van der Waals surface area contributed by atoms with Crippen molar-refractivity contribution < 1.29 is 18.8 Å². The van der Waals surface area contributed by atoms with Gasteiger partial charge in [0.15, 0.2) is 0 Å². The van der Waals surface area contributed by atoms with E-state index >= 15 is 0 Å². The van der Waals surface area contributed by atoms with Gasteiger partial charge < -0.3 is 18.8 Å². The third-order valence-electron chi connectivity index (χ3n) is 10.3. The lowest BCUT2D eigenvalue weighted by molar-refractivity contribution is 0.00578. The molecule has 1 aliphatic heterocycles. The van der Waals surface area contributed by atoms with Crippen molar-refractivity contribution in [3.05, 3.63) is 17.5 Å². The Bertz CT molecular complexity index is 1220. The fraction of sp³-hybridized carbons (Fsp3) is 0.750. The summed E-state index contributed by atoms with van der Waals surface area (Å²) in [5.41, 5.74) is -0.754. The molecule has 264 valence electrons. The Morgan fingerprint density at radius 1 is 0.574 bits per heavy atom. The highest BCUT2D eigenvalue weighted by molar-refractivity contribution is 7.28. The van der Waals surface area contributed by atoms with Crippen LogP contribution in [0, 0.1) is 0 Å². The summed E-state index contributed by atoms with van der Waals surface area (Å²) in [6.07, 6.45) is 26.5. The first-order valence-electron chi connectivity index (χ1n) is 19.4. The molecular formula is C40H65BO4S2. The first kappa shape index (κ1) is 38.5. The van der Waals surface area contributed by atoms with E-state index in [1.54, 1.807) is 22.7 Å². The highest BCUT2D eigenvalue weighted by atomic mass is 32.1. The standard InChI is InChI=1S/C40H65BO4S2/c1-7-9-11-13-15-17-19-21-23-25-28-42-35-32-27-30-46-37(32)36(43-29-26-24-22-20-18-16-14-12-10-8-2)33-31-34(47-38(33)35)41-44-39(3,4)40(5,6)45-41/h27,30-31H,7-26,28-29H2,1-6H3. The summed E-state index contributed by atoms with van der Waals surface area (Å²) in [4.78, 5) is 0. The monoisotopic (exact) mass is 684 g/mol. The molecule has 2 aromatic heterocycles. The number of rotatable bonds is 25. The smallest absolute Gasteiger partial charge is 0.491 e. The first-order chi connectivity index (χ1) is 22.8. The van der Waals surface area contributed by atoms with Crippen LogP contribution in [-0.4, -0.2) is 31.5 Å². The SMILES string of the molecule is CCCCCCCCCCCCOc1c2cc(B3OC(C)(C)C(C)(C)O3)sc2c(OCCCCCCCCCCCC)c2ccsc12. The molecule has 0 unspecified atom stereocenters. The highest BCUT2D eigenvalue weighted by Gasteiger charge is 2.52. The molecule has 3 heterocycles. The van der Waals surface area contributed by atoms with Crippen LogP contribution in [-0.2, 0) is 9.31 Å².